The maximum atomic E-state index is 13.1. The van der Waals surface area contributed by atoms with Gasteiger partial charge in [-0.2, -0.15) is 4.98 Å². The van der Waals surface area contributed by atoms with Crippen LogP contribution in [0.1, 0.15) is 5.56 Å². The van der Waals surface area contributed by atoms with E-state index in [1.54, 1.807) is 18.6 Å². The van der Waals surface area contributed by atoms with Crippen LogP contribution in [0.3, 0.4) is 0 Å². The molecule has 0 saturated heterocycles. The highest BCUT2D eigenvalue weighted by atomic mass is 35.5. The predicted octanol–water partition coefficient (Wildman–Crippen LogP) is 4.68. The van der Waals surface area contributed by atoms with Crippen molar-refractivity contribution in [2.75, 3.05) is 11.9 Å². The lowest BCUT2D eigenvalue weighted by molar-refractivity contribution is 0.463. The van der Waals surface area contributed by atoms with Crippen molar-refractivity contribution >= 4 is 40.1 Å². The molecule has 36 heavy (non-hydrogen) atoms. The quantitative estimate of drug-likeness (QED) is 0.334. The summed E-state index contributed by atoms with van der Waals surface area (Å²) in [6.45, 7) is 1.72. The van der Waals surface area contributed by atoms with Crippen molar-refractivity contribution in [3.8, 4) is 11.6 Å². The van der Waals surface area contributed by atoms with Crippen LogP contribution in [0.2, 0.25) is 5.02 Å². The van der Waals surface area contributed by atoms with E-state index in [0.717, 1.165) is 23.5 Å². The molecule has 0 fully saturated rings. The molecule has 178 valence electrons. The second kappa shape index (κ2) is 9.27. The van der Waals surface area contributed by atoms with Gasteiger partial charge in [0.1, 0.15) is 5.75 Å². The van der Waals surface area contributed by atoms with E-state index in [-0.39, 0.29) is 5.56 Å². The Hall–Kier alpha value is -4.50. The van der Waals surface area contributed by atoms with Gasteiger partial charge in [0.25, 0.3) is 0 Å². The minimum Gasteiger partial charge on any atom is -0.439 e. The first-order valence-corrected chi connectivity index (χ1v) is 11.7. The topological polar surface area (TPSA) is 99.2 Å². The third kappa shape index (κ3) is 4.69. The van der Waals surface area contributed by atoms with E-state index in [1.165, 1.54) is 0 Å². The number of pyridine rings is 1. The minimum atomic E-state index is -0.353. The average molecular weight is 498 g/mol. The van der Waals surface area contributed by atoms with E-state index in [4.69, 9.17) is 16.3 Å². The highest BCUT2D eigenvalue weighted by Crippen LogP contribution is 2.24. The van der Waals surface area contributed by atoms with Gasteiger partial charge in [0, 0.05) is 23.0 Å². The number of hydrogen-bond acceptors (Lipinski definition) is 7. The van der Waals surface area contributed by atoms with Crippen LogP contribution in [-0.2, 0) is 13.1 Å². The van der Waals surface area contributed by atoms with Crippen molar-refractivity contribution in [1.82, 2.24) is 24.1 Å². The average Bonchev–Trinajstić information content (AvgIpc) is 3.61. The molecule has 5 aromatic rings. The molecule has 1 aliphatic rings. The minimum absolute atomic E-state index is 0.353. The molecule has 0 saturated carbocycles. The van der Waals surface area contributed by atoms with Crippen molar-refractivity contribution in [2.24, 2.45) is 4.99 Å². The smallest absolute Gasteiger partial charge is 0.300 e. The fourth-order valence-electron chi connectivity index (χ4n) is 3.85. The van der Waals surface area contributed by atoms with Crippen LogP contribution in [0.25, 0.3) is 11.2 Å². The Morgan fingerprint density at radius 1 is 0.972 bits per heavy atom. The van der Waals surface area contributed by atoms with E-state index in [2.05, 4.69) is 25.3 Å². The largest absolute Gasteiger partial charge is 0.439 e. The monoisotopic (exact) mass is 497 g/mol. The summed E-state index contributed by atoms with van der Waals surface area (Å²) in [6.07, 6.45) is 3.34. The summed E-state index contributed by atoms with van der Waals surface area (Å²) in [4.78, 5) is 30.4. The van der Waals surface area contributed by atoms with Gasteiger partial charge >= 0.3 is 5.56 Å². The molecule has 0 atom stereocenters. The third-order valence-corrected chi connectivity index (χ3v) is 5.95. The number of nitrogens with zero attached hydrogens (tertiary/aromatic N) is 6. The second-order valence-corrected chi connectivity index (χ2v) is 8.74. The molecule has 0 bridgehead atoms. The molecule has 0 spiro atoms. The number of hydrogen-bond donors (Lipinski definition) is 1. The number of imidazole rings is 1. The molecule has 1 aliphatic heterocycles. The molecule has 1 N–H and O–H groups in total. The molecule has 4 heterocycles. The zero-order valence-electron chi connectivity index (χ0n) is 19.0. The summed E-state index contributed by atoms with van der Waals surface area (Å²) in [6, 6.07) is 20.4. The van der Waals surface area contributed by atoms with Gasteiger partial charge in [-0.3, -0.25) is 14.4 Å². The molecular weight excluding hydrogens is 478 g/mol. The van der Waals surface area contributed by atoms with E-state index in [1.807, 2.05) is 69.8 Å². The van der Waals surface area contributed by atoms with Crippen LogP contribution in [0.4, 0.5) is 11.6 Å². The Balaban J connectivity index is 1.35. The van der Waals surface area contributed by atoms with Crippen LogP contribution in [0.15, 0.2) is 89.0 Å². The van der Waals surface area contributed by atoms with Gasteiger partial charge in [0.2, 0.25) is 11.8 Å². The number of anilines is 2. The Labute approximate surface area is 210 Å². The van der Waals surface area contributed by atoms with Crippen molar-refractivity contribution in [2.45, 2.75) is 13.1 Å². The highest BCUT2D eigenvalue weighted by molar-refractivity contribution is 6.30. The molecule has 9 nitrogen and oxygen atoms in total. The Morgan fingerprint density at radius 3 is 2.50 bits per heavy atom. The fraction of sp³-hybridized carbons (Fsp3) is 0.115. The maximum absolute atomic E-state index is 13.1. The van der Waals surface area contributed by atoms with Gasteiger partial charge in [-0.15, -0.1) is 0 Å². The third-order valence-electron chi connectivity index (χ3n) is 5.70. The van der Waals surface area contributed by atoms with Gasteiger partial charge in [-0.05, 0) is 48.0 Å². The number of ether oxygens (including phenoxy) is 1. The summed E-state index contributed by atoms with van der Waals surface area (Å²) in [5, 5.41) is 3.93. The predicted molar refractivity (Wildman–Crippen MR) is 139 cm³/mol. The SMILES string of the molecule is O=c1nc(Nc2ccc(Oc3ccccn3)cc2)n(Cc2ccc(Cl)cc2)c2ncn(CC3=NC3)c12. The molecule has 0 radical (unpaired) electrons. The highest BCUT2D eigenvalue weighted by Gasteiger charge is 2.19. The van der Waals surface area contributed by atoms with Gasteiger partial charge in [0.15, 0.2) is 11.2 Å². The maximum Gasteiger partial charge on any atom is 0.300 e. The fourth-order valence-corrected chi connectivity index (χ4v) is 3.98. The first-order chi connectivity index (χ1) is 17.6. The first-order valence-electron chi connectivity index (χ1n) is 11.3. The second-order valence-electron chi connectivity index (χ2n) is 8.30. The molecule has 3 aromatic heterocycles. The molecule has 0 amide bonds. The lowest BCUT2D eigenvalue weighted by Crippen LogP contribution is -2.20. The van der Waals surface area contributed by atoms with Crippen molar-refractivity contribution in [1.29, 1.82) is 0 Å². The standard InChI is InChI=1S/C26H20ClN7O2/c27-18-6-4-17(5-7-18)14-34-24-23(33(16-30-24)15-20-13-29-20)25(35)32-26(34)31-19-8-10-21(11-9-19)36-22-3-1-2-12-28-22/h1-12,16H,13-15H2,(H,31,32,35). The number of aromatic nitrogens is 5. The Kier molecular flexibility index (Phi) is 5.67. The van der Waals surface area contributed by atoms with Gasteiger partial charge in [-0.1, -0.05) is 29.8 Å². The summed E-state index contributed by atoms with van der Waals surface area (Å²) in [5.74, 6) is 1.53. The molecule has 10 heteroatoms. The molecular formula is C26H20ClN7O2. The number of benzene rings is 2. The Bertz CT molecular complexity index is 1630. The van der Waals surface area contributed by atoms with Crippen molar-refractivity contribution in [3.05, 3.63) is 100 Å². The molecule has 0 aliphatic carbocycles. The van der Waals surface area contributed by atoms with Crippen LogP contribution >= 0.6 is 11.6 Å². The van der Waals surface area contributed by atoms with E-state index in [0.29, 0.717) is 46.9 Å². The van der Waals surface area contributed by atoms with Crippen LogP contribution in [0.5, 0.6) is 11.6 Å². The van der Waals surface area contributed by atoms with Gasteiger partial charge in [-0.25, -0.2) is 9.97 Å². The summed E-state index contributed by atoms with van der Waals surface area (Å²) in [7, 11) is 0. The zero-order valence-corrected chi connectivity index (χ0v) is 19.8. The van der Waals surface area contributed by atoms with E-state index in [9.17, 15) is 4.79 Å². The summed E-state index contributed by atoms with van der Waals surface area (Å²) < 4.78 is 9.47. The molecule has 6 rings (SSSR count). The number of rotatable bonds is 8. The van der Waals surface area contributed by atoms with Gasteiger partial charge < -0.3 is 14.6 Å². The molecule has 2 aromatic carbocycles. The lowest BCUT2D eigenvalue weighted by atomic mass is 10.2. The summed E-state index contributed by atoms with van der Waals surface area (Å²) >= 11 is 6.08. The lowest BCUT2D eigenvalue weighted by Gasteiger charge is -2.15. The van der Waals surface area contributed by atoms with Crippen molar-refractivity contribution in [3.63, 3.8) is 0 Å². The number of aliphatic imine (C=N–C) groups is 1. The molecule has 0 unspecified atom stereocenters. The first kappa shape index (κ1) is 22.0. The number of fused-ring (bicyclic) bond motifs is 1. The van der Waals surface area contributed by atoms with Crippen LogP contribution < -0.4 is 15.6 Å². The van der Waals surface area contributed by atoms with Crippen LogP contribution in [0, 0.1) is 0 Å². The normalized spacial score (nSPS) is 12.4. The number of nitrogens with one attached hydrogen (secondary N) is 1. The van der Waals surface area contributed by atoms with Crippen molar-refractivity contribution < 1.29 is 4.74 Å². The summed E-state index contributed by atoms with van der Waals surface area (Å²) in [5.41, 5.74) is 3.41. The number of halogens is 1. The van der Waals surface area contributed by atoms with Gasteiger partial charge in [0.05, 0.1) is 31.7 Å². The Morgan fingerprint density at radius 2 is 1.78 bits per heavy atom. The van der Waals surface area contributed by atoms with E-state index >= 15 is 0 Å². The van der Waals surface area contributed by atoms with E-state index < -0.39 is 0 Å². The zero-order chi connectivity index (χ0) is 24.5. The van der Waals surface area contributed by atoms with Crippen LogP contribution in [-0.4, -0.2) is 36.3 Å².